The lowest BCUT2D eigenvalue weighted by Crippen LogP contribution is -2.25. The monoisotopic (exact) mass is 455 g/mol. The van der Waals surface area contributed by atoms with Crippen LogP contribution in [0.2, 0.25) is 0 Å². The van der Waals surface area contributed by atoms with Crippen LogP contribution < -0.4 is 5.32 Å². The van der Waals surface area contributed by atoms with Gasteiger partial charge < -0.3 is 9.88 Å². The maximum Gasteiger partial charge on any atom is 0.251 e. The molecule has 0 saturated heterocycles. The van der Waals surface area contributed by atoms with E-state index in [9.17, 15) is 4.79 Å². The van der Waals surface area contributed by atoms with Crippen LogP contribution in [-0.2, 0) is 13.0 Å². The van der Waals surface area contributed by atoms with Crippen LogP contribution in [-0.4, -0.2) is 31.8 Å². The van der Waals surface area contributed by atoms with Crippen LogP contribution >= 0.6 is 11.3 Å². The van der Waals surface area contributed by atoms with Crippen LogP contribution in [0.3, 0.4) is 0 Å². The summed E-state index contributed by atoms with van der Waals surface area (Å²) in [5.41, 5.74) is 4.71. The number of amides is 1. The number of thiophene rings is 1. The summed E-state index contributed by atoms with van der Waals surface area (Å²) < 4.78 is 3.97. The minimum atomic E-state index is -0.0505. The van der Waals surface area contributed by atoms with Gasteiger partial charge in [0.25, 0.3) is 5.91 Å². The van der Waals surface area contributed by atoms with Gasteiger partial charge in [0.15, 0.2) is 11.5 Å². The van der Waals surface area contributed by atoms with Crippen LogP contribution in [0.1, 0.15) is 32.1 Å². The van der Waals surface area contributed by atoms with Crippen molar-refractivity contribution in [1.29, 1.82) is 0 Å². The molecule has 7 heteroatoms. The fraction of sp³-hybridized carbons (Fsp3) is 0.192. The smallest absolute Gasteiger partial charge is 0.251 e. The number of carbonyl (C=O) groups is 1. The predicted octanol–water partition coefficient (Wildman–Crippen LogP) is 4.92. The van der Waals surface area contributed by atoms with Crippen LogP contribution in [0, 0.1) is 13.8 Å². The molecule has 0 atom stereocenters. The molecule has 0 aliphatic rings. The molecule has 1 amide bonds. The zero-order valence-corrected chi connectivity index (χ0v) is 19.5. The minimum absolute atomic E-state index is 0.0505. The third kappa shape index (κ3) is 4.45. The lowest BCUT2D eigenvalue weighted by Gasteiger charge is -2.07. The molecule has 0 saturated carbocycles. The van der Waals surface area contributed by atoms with Crippen LogP contribution in [0.25, 0.3) is 16.9 Å². The van der Waals surface area contributed by atoms with Crippen LogP contribution in [0.5, 0.6) is 0 Å². The van der Waals surface area contributed by atoms with Crippen molar-refractivity contribution in [3.8, 4) is 5.82 Å². The van der Waals surface area contributed by atoms with Gasteiger partial charge in [-0.1, -0.05) is 18.2 Å². The number of rotatable bonds is 7. The second-order valence-electron chi connectivity index (χ2n) is 8.13. The summed E-state index contributed by atoms with van der Waals surface area (Å²) in [7, 11) is 0. The standard InChI is InChI=1S/C26H25N5OS/c1-18-16-19(2)28-24-23(18)25(30-13-3-4-14-30)29-31(24)17-20-7-9-21(10-8-20)26(32)27-12-11-22-6-5-15-33-22/h3-10,13-16H,11-12,17H2,1-2H3,(H,27,32). The summed E-state index contributed by atoms with van der Waals surface area (Å²) >= 11 is 1.71. The zero-order chi connectivity index (χ0) is 22.8. The Morgan fingerprint density at radius 2 is 1.85 bits per heavy atom. The highest BCUT2D eigenvalue weighted by Gasteiger charge is 2.16. The Morgan fingerprint density at radius 3 is 2.58 bits per heavy atom. The lowest BCUT2D eigenvalue weighted by atomic mass is 10.1. The Balaban J connectivity index is 1.35. The minimum Gasteiger partial charge on any atom is -0.352 e. The largest absolute Gasteiger partial charge is 0.352 e. The van der Waals surface area contributed by atoms with Gasteiger partial charge in [-0.3, -0.25) is 4.79 Å². The Kier molecular flexibility index (Phi) is 5.79. The van der Waals surface area contributed by atoms with Gasteiger partial charge in [0.1, 0.15) is 0 Å². The number of nitrogens with zero attached hydrogens (tertiary/aromatic N) is 4. The number of benzene rings is 1. The van der Waals surface area contributed by atoms with Crippen molar-refractivity contribution in [3.05, 3.63) is 99.6 Å². The van der Waals surface area contributed by atoms with E-state index in [0.717, 1.165) is 40.1 Å². The van der Waals surface area contributed by atoms with Gasteiger partial charge in [-0.15, -0.1) is 11.3 Å². The van der Waals surface area contributed by atoms with E-state index in [1.54, 1.807) is 11.3 Å². The molecule has 0 radical (unpaired) electrons. The average molecular weight is 456 g/mol. The quantitative estimate of drug-likeness (QED) is 0.379. The van der Waals surface area contributed by atoms with Crippen molar-refractivity contribution in [2.45, 2.75) is 26.8 Å². The maximum absolute atomic E-state index is 12.5. The Hall–Kier alpha value is -3.71. The van der Waals surface area contributed by atoms with Gasteiger partial charge in [0, 0.05) is 35.1 Å². The van der Waals surface area contributed by atoms with E-state index < -0.39 is 0 Å². The van der Waals surface area contributed by atoms with Gasteiger partial charge in [0.2, 0.25) is 0 Å². The van der Waals surface area contributed by atoms with Gasteiger partial charge in [0.05, 0.1) is 11.9 Å². The molecule has 6 nitrogen and oxygen atoms in total. The van der Waals surface area contributed by atoms with E-state index in [2.05, 4.69) is 29.8 Å². The molecule has 33 heavy (non-hydrogen) atoms. The normalized spacial score (nSPS) is 11.2. The number of aryl methyl sites for hydroxylation is 2. The van der Waals surface area contributed by atoms with Crippen LogP contribution in [0.4, 0.5) is 0 Å². The highest BCUT2D eigenvalue weighted by Crippen LogP contribution is 2.25. The number of aromatic nitrogens is 4. The molecule has 0 aliphatic carbocycles. The second-order valence-corrected chi connectivity index (χ2v) is 9.17. The fourth-order valence-electron chi connectivity index (χ4n) is 4.05. The van der Waals surface area contributed by atoms with E-state index in [4.69, 9.17) is 10.1 Å². The summed E-state index contributed by atoms with van der Waals surface area (Å²) in [6.07, 6.45) is 4.85. The number of pyridine rings is 1. The van der Waals surface area contributed by atoms with Crippen molar-refractivity contribution < 1.29 is 4.79 Å². The second kappa shape index (κ2) is 9.03. The molecule has 4 aromatic heterocycles. The summed E-state index contributed by atoms with van der Waals surface area (Å²) in [6.45, 7) is 5.31. The van der Waals surface area contributed by atoms with Gasteiger partial charge in [-0.25, -0.2) is 9.67 Å². The van der Waals surface area contributed by atoms with Gasteiger partial charge in [-0.05, 0) is 73.2 Å². The summed E-state index contributed by atoms with van der Waals surface area (Å²) in [6, 6.07) is 17.9. The predicted molar refractivity (Wildman–Crippen MR) is 132 cm³/mol. The third-order valence-electron chi connectivity index (χ3n) is 5.64. The number of carbonyl (C=O) groups excluding carboxylic acids is 1. The number of nitrogens with one attached hydrogen (secondary N) is 1. The van der Waals surface area contributed by atoms with Crippen molar-refractivity contribution >= 4 is 28.3 Å². The first kappa shape index (κ1) is 21.2. The molecule has 0 spiro atoms. The van der Waals surface area contributed by atoms with Gasteiger partial charge in [-0.2, -0.15) is 5.10 Å². The van der Waals surface area contributed by atoms with Crippen molar-refractivity contribution in [3.63, 3.8) is 0 Å². The van der Waals surface area contributed by atoms with E-state index in [0.29, 0.717) is 18.7 Å². The first-order valence-corrected chi connectivity index (χ1v) is 11.8. The average Bonchev–Trinajstić information content (AvgIpc) is 3.56. The molecule has 0 aliphatic heterocycles. The Bertz CT molecular complexity index is 1380. The molecule has 5 aromatic rings. The zero-order valence-electron chi connectivity index (χ0n) is 18.7. The van der Waals surface area contributed by atoms with Gasteiger partial charge >= 0.3 is 0 Å². The Morgan fingerprint density at radius 1 is 1.06 bits per heavy atom. The van der Waals surface area contributed by atoms with E-state index in [1.807, 2.05) is 71.0 Å². The third-order valence-corrected chi connectivity index (χ3v) is 6.58. The number of fused-ring (bicyclic) bond motifs is 1. The molecule has 0 bridgehead atoms. The van der Waals surface area contributed by atoms with Crippen molar-refractivity contribution in [1.82, 2.24) is 24.6 Å². The molecule has 0 unspecified atom stereocenters. The molecule has 1 aromatic carbocycles. The SMILES string of the molecule is Cc1cc(C)c2c(-n3cccc3)nn(Cc3ccc(C(=O)NCCc4cccs4)cc3)c2n1. The first-order chi connectivity index (χ1) is 16.1. The molecule has 1 N–H and O–H groups in total. The summed E-state index contributed by atoms with van der Waals surface area (Å²) in [5, 5.41) is 11.0. The van der Waals surface area contributed by atoms with E-state index in [1.165, 1.54) is 4.88 Å². The van der Waals surface area contributed by atoms with Crippen LogP contribution in [0.15, 0.2) is 72.4 Å². The van der Waals surface area contributed by atoms with Crippen molar-refractivity contribution in [2.24, 2.45) is 0 Å². The topological polar surface area (TPSA) is 64.7 Å². The molecular weight excluding hydrogens is 430 g/mol. The first-order valence-electron chi connectivity index (χ1n) is 11.0. The van der Waals surface area contributed by atoms with E-state index >= 15 is 0 Å². The maximum atomic E-state index is 12.5. The molecule has 0 fully saturated rings. The van der Waals surface area contributed by atoms with Crippen molar-refractivity contribution in [2.75, 3.05) is 6.54 Å². The highest BCUT2D eigenvalue weighted by molar-refractivity contribution is 7.09. The Labute approximate surface area is 196 Å². The molecule has 4 heterocycles. The summed E-state index contributed by atoms with van der Waals surface area (Å²) in [4.78, 5) is 18.6. The number of hydrogen-bond acceptors (Lipinski definition) is 4. The highest BCUT2D eigenvalue weighted by atomic mass is 32.1. The molecule has 166 valence electrons. The fourth-order valence-corrected chi connectivity index (χ4v) is 4.76. The number of hydrogen-bond donors (Lipinski definition) is 1. The molecular formula is C26H25N5OS. The lowest BCUT2D eigenvalue weighted by molar-refractivity contribution is 0.0954. The van der Waals surface area contributed by atoms with E-state index in [-0.39, 0.29) is 5.91 Å². The molecule has 5 rings (SSSR count). The summed E-state index contributed by atoms with van der Waals surface area (Å²) in [5.74, 6) is 0.826.